The van der Waals surface area contributed by atoms with Crippen LogP contribution in [0.4, 0.5) is 18.9 Å². The van der Waals surface area contributed by atoms with E-state index in [1.54, 1.807) is 0 Å². The van der Waals surface area contributed by atoms with E-state index in [4.69, 9.17) is 0 Å². The maximum atomic E-state index is 13.5. The first-order valence-corrected chi connectivity index (χ1v) is 9.54. The third-order valence-corrected chi connectivity index (χ3v) is 6.00. The molecule has 1 aliphatic heterocycles. The molecule has 0 fully saturated rings. The molecule has 1 atom stereocenters. The molecule has 4 rings (SSSR count). The highest BCUT2D eigenvalue weighted by atomic mass is 32.1. The van der Waals surface area contributed by atoms with Gasteiger partial charge in [-0.25, -0.2) is 0 Å². The first kappa shape index (κ1) is 18.0. The fraction of sp³-hybridized carbons (Fsp3) is 0.300. The van der Waals surface area contributed by atoms with E-state index in [9.17, 15) is 22.8 Å². The number of nitrogens with zero attached hydrogens (tertiary/aromatic N) is 1. The van der Waals surface area contributed by atoms with Crippen LogP contribution in [0.2, 0.25) is 0 Å². The first-order chi connectivity index (χ1) is 12.9. The minimum Gasteiger partial charge on any atom is -0.294 e. The van der Waals surface area contributed by atoms with Gasteiger partial charge in [0.25, 0.3) is 0 Å². The molecule has 0 bridgehead atoms. The zero-order valence-corrected chi connectivity index (χ0v) is 15.1. The summed E-state index contributed by atoms with van der Waals surface area (Å²) in [7, 11) is 0. The molecular weight excluding hydrogens is 375 g/mol. The van der Waals surface area contributed by atoms with Crippen molar-refractivity contribution in [3.05, 3.63) is 63.5 Å². The number of para-hydroxylation sites is 1. The van der Waals surface area contributed by atoms with Gasteiger partial charge in [0.1, 0.15) is 0 Å². The third-order valence-electron chi connectivity index (χ3n) is 5.01. The Morgan fingerprint density at radius 2 is 1.81 bits per heavy atom. The number of anilines is 1. The summed E-state index contributed by atoms with van der Waals surface area (Å²) >= 11 is 1.46. The number of rotatable bonds is 2. The molecule has 2 aliphatic rings. The van der Waals surface area contributed by atoms with Gasteiger partial charge < -0.3 is 0 Å². The summed E-state index contributed by atoms with van der Waals surface area (Å²) in [6.45, 7) is 0. The van der Waals surface area contributed by atoms with Crippen molar-refractivity contribution < 1.29 is 22.8 Å². The summed E-state index contributed by atoms with van der Waals surface area (Å²) in [6.07, 6.45) is -3.27. The molecule has 0 unspecified atom stereocenters. The molecule has 0 saturated heterocycles. The molecule has 0 saturated carbocycles. The number of Topliss-reactive ketones (excluding diaryl/α,β-unsaturated/α-hetero) is 1. The second kappa shape index (κ2) is 6.64. The average Bonchev–Trinajstić information content (AvgIpc) is 3.15. The number of carbonyl (C=O) groups is 2. The molecule has 2 aromatic rings. The fourth-order valence-corrected chi connectivity index (χ4v) is 4.75. The summed E-state index contributed by atoms with van der Waals surface area (Å²) in [4.78, 5) is 27.7. The van der Waals surface area contributed by atoms with E-state index in [1.165, 1.54) is 29.5 Å². The number of allylic oxidation sites excluding steroid dienone is 2. The highest BCUT2D eigenvalue weighted by Gasteiger charge is 2.43. The molecule has 7 heteroatoms. The van der Waals surface area contributed by atoms with Crippen molar-refractivity contribution in [1.29, 1.82) is 0 Å². The van der Waals surface area contributed by atoms with Gasteiger partial charge >= 0.3 is 6.18 Å². The van der Waals surface area contributed by atoms with Gasteiger partial charge in [0, 0.05) is 34.9 Å². The highest BCUT2D eigenvalue weighted by molar-refractivity contribution is 7.10. The molecule has 3 nitrogen and oxygen atoms in total. The van der Waals surface area contributed by atoms with E-state index in [0.29, 0.717) is 30.5 Å². The maximum Gasteiger partial charge on any atom is 0.418 e. The average molecular weight is 391 g/mol. The number of amides is 1. The second-order valence-corrected chi connectivity index (χ2v) is 7.63. The molecule has 1 aromatic carbocycles. The standard InChI is InChI=1S/C20H16F3NO2S/c21-20(22,23)13-5-1-2-6-14(13)24-15-7-3-8-16(25)19(15)12(11-18(24)26)17-9-4-10-27-17/h1-2,4-6,9-10,12H,3,7-8,11H2/t12-/m0/s1. The second-order valence-electron chi connectivity index (χ2n) is 6.65. The van der Waals surface area contributed by atoms with Gasteiger partial charge in [0.2, 0.25) is 5.91 Å². The van der Waals surface area contributed by atoms with Crippen LogP contribution in [0.5, 0.6) is 0 Å². The molecule has 0 N–H and O–H groups in total. The maximum absolute atomic E-state index is 13.5. The number of halogens is 3. The smallest absolute Gasteiger partial charge is 0.294 e. The lowest BCUT2D eigenvalue weighted by molar-refractivity contribution is -0.137. The van der Waals surface area contributed by atoms with Gasteiger partial charge in [-0.2, -0.15) is 13.2 Å². The largest absolute Gasteiger partial charge is 0.418 e. The van der Waals surface area contributed by atoms with E-state index in [-0.39, 0.29) is 23.8 Å². The van der Waals surface area contributed by atoms with Gasteiger partial charge in [0.15, 0.2) is 5.78 Å². The van der Waals surface area contributed by atoms with Crippen molar-refractivity contribution in [2.24, 2.45) is 0 Å². The Labute approximate surface area is 158 Å². The zero-order valence-electron chi connectivity index (χ0n) is 14.3. The summed E-state index contributed by atoms with van der Waals surface area (Å²) < 4.78 is 40.5. The number of thiophene rings is 1. The van der Waals surface area contributed by atoms with E-state index in [2.05, 4.69) is 0 Å². The third kappa shape index (κ3) is 3.10. The van der Waals surface area contributed by atoms with Crippen molar-refractivity contribution in [2.45, 2.75) is 37.8 Å². The Morgan fingerprint density at radius 1 is 1.04 bits per heavy atom. The Kier molecular flexibility index (Phi) is 4.42. The van der Waals surface area contributed by atoms with Crippen LogP contribution in [0.1, 0.15) is 42.0 Å². The monoisotopic (exact) mass is 391 g/mol. The molecule has 1 aromatic heterocycles. The number of hydrogen-bond acceptors (Lipinski definition) is 3. The van der Waals surface area contributed by atoms with Gasteiger partial charge in [-0.3, -0.25) is 14.5 Å². The van der Waals surface area contributed by atoms with E-state index in [0.717, 1.165) is 15.8 Å². The predicted molar refractivity (Wildman–Crippen MR) is 96.5 cm³/mol. The van der Waals surface area contributed by atoms with Crippen molar-refractivity contribution >= 4 is 28.7 Å². The Hall–Kier alpha value is -2.41. The molecule has 140 valence electrons. The summed E-state index contributed by atoms with van der Waals surface area (Å²) in [5.74, 6) is -0.843. The molecule has 27 heavy (non-hydrogen) atoms. The van der Waals surface area contributed by atoms with Crippen molar-refractivity contribution in [2.75, 3.05) is 4.90 Å². The van der Waals surface area contributed by atoms with Crippen LogP contribution < -0.4 is 4.90 Å². The topological polar surface area (TPSA) is 37.4 Å². The van der Waals surface area contributed by atoms with Crippen molar-refractivity contribution in [3.8, 4) is 0 Å². The van der Waals surface area contributed by atoms with Crippen molar-refractivity contribution in [3.63, 3.8) is 0 Å². The van der Waals surface area contributed by atoms with Gasteiger partial charge in [-0.1, -0.05) is 18.2 Å². The predicted octanol–water partition coefficient (Wildman–Crippen LogP) is 5.29. The van der Waals surface area contributed by atoms with Gasteiger partial charge in [-0.15, -0.1) is 11.3 Å². The summed E-state index contributed by atoms with van der Waals surface area (Å²) in [6, 6.07) is 8.77. The van der Waals surface area contributed by atoms with Crippen LogP contribution in [0.25, 0.3) is 0 Å². The van der Waals surface area contributed by atoms with Crippen LogP contribution in [-0.2, 0) is 15.8 Å². The van der Waals surface area contributed by atoms with E-state index in [1.807, 2.05) is 17.5 Å². The van der Waals surface area contributed by atoms with Crippen LogP contribution >= 0.6 is 11.3 Å². The minimum absolute atomic E-state index is 0.00270. The fourth-order valence-electron chi connectivity index (χ4n) is 3.91. The van der Waals surface area contributed by atoms with Crippen LogP contribution in [0.15, 0.2) is 53.0 Å². The zero-order chi connectivity index (χ0) is 19.2. The minimum atomic E-state index is -4.58. The van der Waals surface area contributed by atoms with Gasteiger partial charge in [0.05, 0.1) is 11.3 Å². The SMILES string of the molecule is O=C1CCCC2=C1[C@H](c1cccs1)CC(=O)N2c1ccccc1C(F)(F)F. The van der Waals surface area contributed by atoms with Crippen LogP contribution in [0.3, 0.4) is 0 Å². The van der Waals surface area contributed by atoms with Crippen molar-refractivity contribution in [1.82, 2.24) is 0 Å². The summed E-state index contributed by atoms with van der Waals surface area (Å²) in [5.41, 5.74) is -0.127. The molecule has 0 radical (unpaired) electrons. The lowest BCUT2D eigenvalue weighted by Gasteiger charge is -2.38. The number of alkyl halides is 3. The molecule has 0 spiro atoms. The number of hydrogen-bond donors (Lipinski definition) is 0. The Balaban J connectivity index is 1.91. The lowest BCUT2D eigenvalue weighted by atomic mass is 9.79. The quantitative estimate of drug-likeness (QED) is 0.697. The number of benzene rings is 1. The molecule has 2 heterocycles. The molecule has 1 amide bonds. The Morgan fingerprint density at radius 3 is 2.52 bits per heavy atom. The number of ketones is 1. The lowest BCUT2D eigenvalue weighted by Crippen LogP contribution is -2.41. The number of carbonyl (C=O) groups excluding carboxylic acids is 2. The summed E-state index contributed by atoms with van der Waals surface area (Å²) in [5, 5.41) is 1.87. The molecule has 1 aliphatic carbocycles. The van der Waals surface area contributed by atoms with Crippen LogP contribution in [0, 0.1) is 0 Å². The van der Waals surface area contributed by atoms with Crippen LogP contribution in [-0.4, -0.2) is 11.7 Å². The van der Waals surface area contributed by atoms with E-state index >= 15 is 0 Å². The highest BCUT2D eigenvalue weighted by Crippen LogP contribution is 2.46. The van der Waals surface area contributed by atoms with Gasteiger partial charge in [-0.05, 0) is 36.4 Å². The Bertz CT molecular complexity index is 931. The normalized spacial score (nSPS) is 20.9. The first-order valence-electron chi connectivity index (χ1n) is 8.66. The molecular formula is C20H16F3NO2S. The van der Waals surface area contributed by atoms with E-state index < -0.39 is 17.6 Å².